The van der Waals surface area contributed by atoms with Crippen molar-refractivity contribution in [2.75, 3.05) is 6.54 Å². The molecule has 4 rings (SSSR count). The molecule has 2 saturated carbocycles. The van der Waals surface area contributed by atoms with Gasteiger partial charge in [0.05, 0.1) is 6.42 Å². The van der Waals surface area contributed by atoms with E-state index >= 15 is 0 Å². The molecular weight excluding hydrogens is 330 g/mol. The van der Waals surface area contributed by atoms with Gasteiger partial charge in [-0.3, -0.25) is 14.4 Å². The van der Waals surface area contributed by atoms with Crippen LogP contribution in [0.25, 0.3) is 0 Å². The Balaban J connectivity index is 1.61. The summed E-state index contributed by atoms with van der Waals surface area (Å²) >= 11 is 0. The molecule has 1 amide bonds. The number of ketones is 1. The summed E-state index contributed by atoms with van der Waals surface area (Å²) in [6.07, 6.45) is 6.42. The monoisotopic (exact) mass is 361 g/mol. The summed E-state index contributed by atoms with van der Waals surface area (Å²) < 4.78 is 5.40. The molecule has 0 aromatic rings. The van der Waals surface area contributed by atoms with E-state index in [0.717, 1.165) is 51.5 Å². The Labute approximate surface area is 155 Å². The normalized spacial score (nSPS) is 45.4. The van der Waals surface area contributed by atoms with Crippen LogP contribution in [-0.2, 0) is 19.1 Å². The van der Waals surface area contributed by atoms with Gasteiger partial charge in [-0.25, -0.2) is 0 Å². The second-order valence-corrected chi connectivity index (χ2v) is 9.46. The smallest absolute Gasteiger partial charge is 0.302 e. The number of ether oxygens (including phenoxy) is 1. The molecule has 4 aliphatic rings. The average Bonchev–Trinajstić information content (AvgIpc) is 2.81. The number of carbonyl (C=O) groups is 3. The Morgan fingerprint density at radius 2 is 1.85 bits per heavy atom. The van der Waals surface area contributed by atoms with Crippen molar-refractivity contribution < 1.29 is 19.1 Å². The molecule has 2 aliphatic heterocycles. The minimum atomic E-state index is -0.302. The van der Waals surface area contributed by atoms with Crippen molar-refractivity contribution in [2.24, 2.45) is 23.2 Å². The van der Waals surface area contributed by atoms with E-state index in [-0.39, 0.29) is 28.9 Å². The first kappa shape index (κ1) is 18.0. The van der Waals surface area contributed by atoms with E-state index in [1.807, 2.05) is 0 Å². The van der Waals surface area contributed by atoms with Crippen LogP contribution in [0.2, 0.25) is 0 Å². The van der Waals surface area contributed by atoms with E-state index in [9.17, 15) is 14.4 Å². The highest BCUT2D eigenvalue weighted by atomic mass is 16.5. The number of Topliss-reactive ketones (excluding diaryl/α,β-unsaturated/α-hetero) is 1. The molecule has 26 heavy (non-hydrogen) atoms. The van der Waals surface area contributed by atoms with Crippen molar-refractivity contribution in [2.45, 2.75) is 83.8 Å². The highest BCUT2D eigenvalue weighted by molar-refractivity contribution is 5.87. The fraction of sp³-hybridized carbons (Fsp3) is 0.857. The van der Waals surface area contributed by atoms with Gasteiger partial charge >= 0.3 is 5.97 Å². The number of rotatable bonds is 1. The highest BCUT2D eigenvalue weighted by Crippen LogP contribution is 2.60. The lowest BCUT2D eigenvalue weighted by Crippen LogP contribution is -2.62. The molecule has 0 bridgehead atoms. The first-order chi connectivity index (χ1) is 12.3. The third-order valence-corrected chi connectivity index (χ3v) is 8.26. The van der Waals surface area contributed by atoms with Crippen molar-refractivity contribution in [1.82, 2.24) is 4.90 Å². The van der Waals surface area contributed by atoms with Gasteiger partial charge in [0.25, 0.3) is 0 Å². The minimum Gasteiger partial charge on any atom is -0.462 e. The van der Waals surface area contributed by atoms with Gasteiger partial charge in [-0.2, -0.15) is 0 Å². The summed E-state index contributed by atoms with van der Waals surface area (Å²) in [5, 5.41) is 0. The summed E-state index contributed by atoms with van der Waals surface area (Å²) in [5.74, 6) is 1.77. The molecule has 144 valence electrons. The SMILES string of the molecule is CC(=O)O[C@H]1CC[C@]2(C)C3CC[C@]4(C)C(=O)CC[C@H]4[C@@H]3CCN2C(=O)C1. The molecule has 0 radical (unpaired) electrons. The molecule has 0 aromatic carbocycles. The maximum Gasteiger partial charge on any atom is 0.302 e. The third kappa shape index (κ3) is 2.53. The number of piperidine rings is 1. The van der Waals surface area contributed by atoms with Gasteiger partial charge in [0.2, 0.25) is 5.91 Å². The first-order valence-electron chi connectivity index (χ1n) is 10.3. The third-order valence-electron chi connectivity index (χ3n) is 8.26. The number of fused-ring (bicyclic) bond motifs is 5. The largest absolute Gasteiger partial charge is 0.462 e. The Morgan fingerprint density at radius 3 is 2.58 bits per heavy atom. The second-order valence-electron chi connectivity index (χ2n) is 9.46. The lowest BCUT2D eigenvalue weighted by Gasteiger charge is -2.58. The highest BCUT2D eigenvalue weighted by Gasteiger charge is 2.60. The summed E-state index contributed by atoms with van der Waals surface area (Å²) in [6, 6.07) is 0. The van der Waals surface area contributed by atoms with Crippen LogP contribution >= 0.6 is 0 Å². The Bertz CT molecular complexity index is 646. The molecule has 0 N–H and O–H groups in total. The van der Waals surface area contributed by atoms with Gasteiger partial charge in [0.15, 0.2) is 0 Å². The molecule has 2 aliphatic carbocycles. The summed E-state index contributed by atoms with van der Waals surface area (Å²) in [6.45, 7) is 6.63. The molecule has 0 spiro atoms. The van der Waals surface area contributed by atoms with E-state index in [1.165, 1.54) is 6.92 Å². The quantitative estimate of drug-likeness (QED) is 0.673. The maximum atomic E-state index is 12.9. The molecule has 4 fully saturated rings. The van der Waals surface area contributed by atoms with Crippen LogP contribution < -0.4 is 0 Å². The second kappa shape index (κ2) is 6.07. The number of carbonyl (C=O) groups excluding carboxylic acids is 3. The van der Waals surface area contributed by atoms with Crippen LogP contribution in [0.3, 0.4) is 0 Å². The molecule has 2 saturated heterocycles. The maximum absolute atomic E-state index is 12.9. The number of esters is 1. The number of hydrogen-bond donors (Lipinski definition) is 0. The number of nitrogens with zero attached hydrogens (tertiary/aromatic N) is 1. The lowest BCUT2D eigenvalue weighted by molar-refractivity contribution is -0.155. The summed E-state index contributed by atoms with van der Waals surface area (Å²) in [4.78, 5) is 38.9. The molecule has 5 heteroatoms. The van der Waals surface area contributed by atoms with Crippen molar-refractivity contribution in [1.29, 1.82) is 0 Å². The van der Waals surface area contributed by atoms with Gasteiger partial charge in [-0.1, -0.05) is 6.92 Å². The number of amides is 1. The van der Waals surface area contributed by atoms with E-state index in [2.05, 4.69) is 18.7 Å². The van der Waals surface area contributed by atoms with E-state index in [0.29, 0.717) is 30.0 Å². The fourth-order valence-corrected chi connectivity index (χ4v) is 6.89. The standard InChI is InChI=1S/C21H31NO4/c1-13(23)26-14-6-10-21(3)17-7-9-20(2)16(4-5-18(20)24)15(17)8-11-22(21)19(25)12-14/h14-17H,4-12H2,1-3H3/t14-,15-,16-,17?,20-,21+/m0/s1. The lowest BCUT2D eigenvalue weighted by atomic mass is 9.53. The molecular formula is C21H31NO4. The predicted octanol–water partition coefficient (Wildman–Crippen LogP) is 3.10. The fourth-order valence-electron chi connectivity index (χ4n) is 6.89. The van der Waals surface area contributed by atoms with Crippen molar-refractivity contribution in [3.05, 3.63) is 0 Å². The van der Waals surface area contributed by atoms with Crippen LogP contribution in [-0.4, -0.2) is 40.7 Å². The first-order valence-corrected chi connectivity index (χ1v) is 10.3. The van der Waals surface area contributed by atoms with Crippen LogP contribution in [0.15, 0.2) is 0 Å². The van der Waals surface area contributed by atoms with Crippen molar-refractivity contribution >= 4 is 17.7 Å². The topological polar surface area (TPSA) is 63.7 Å². The Hall–Kier alpha value is -1.39. The van der Waals surface area contributed by atoms with Crippen LogP contribution in [0.1, 0.15) is 72.1 Å². The van der Waals surface area contributed by atoms with Gasteiger partial charge in [-0.05, 0) is 63.2 Å². The zero-order valence-corrected chi connectivity index (χ0v) is 16.3. The number of hydrogen-bond acceptors (Lipinski definition) is 4. The van der Waals surface area contributed by atoms with Gasteiger partial charge in [-0.15, -0.1) is 0 Å². The molecule has 1 unspecified atom stereocenters. The van der Waals surface area contributed by atoms with E-state index in [1.54, 1.807) is 0 Å². The van der Waals surface area contributed by atoms with Gasteiger partial charge in [0, 0.05) is 30.8 Å². The van der Waals surface area contributed by atoms with Crippen LogP contribution in [0, 0.1) is 23.2 Å². The molecule has 2 heterocycles. The molecule has 5 nitrogen and oxygen atoms in total. The van der Waals surface area contributed by atoms with E-state index in [4.69, 9.17) is 4.74 Å². The Morgan fingerprint density at radius 1 is 1.08 bits per heavy atom. The van der Waals surface area contributed by atoms with E-state index < -0.39 is 0 Å². The predicted molar refractivity (Wildman–Crippen MR) is 96.2 cm³/mol. The molecule has 6 atom stereocenters. The zero-order valence-electron chi connectivity index (χ0n) is 16.3. The zero-order chi connectivity index (χ0) is 18.7. The van der Waals surface area contributed by atoms with Gasteiger partial charge < -0.3 is 9.64 Å². The van der Waals surface area contributed by atoms with Crippen LogP contribution in [0.5, 0.6) is 0 Å². The Kier molecular flexibility index (Phi) is 4.20. The summed E-state index contributed by atoms with van der Waals surface area (Å²) in [5.41, 5.74) is -0.295. The average molecular weight is 361 g/mol. The summed E-state index contributed by atoms with van der Waals surface area (Å²) in [7, 11) is 0. The molecule has 0 aromatic heterocycles. The van der Waals surface area contributed by atoms with Crippen molar-refractivity contribution in [3.8, 4) is 0 Å². The van der Waals surface area contributed by atoms with Gasteiger partial charge in [0.1, 0.15) is 11.9 Å². The minimum absolute atomic E-state index is 0.130. The van der Waals surface area contributed by atoms with Crippen molar-refractivity contribution in [3.63, 3.8) is 0 Å². The van der Waals surface area contributed by atoms with Crippen LogP contribution in [0.4, 0.5) is 0 Å².